The molecule has 0 saturated heterocycles. The van der Waals surface area contributed by atoms with E-state index in [2.05, 4.69) is 20.5 Å². The van der Waals surface area contributed by atoms with Gasteiger partial charge in [0.1, 0.15) is 5.69 Å². The average Bonchev–Trinajstić information content (AvgIpc) is 2.61. The van der Waals surface area contributed by atoms with E-state index in [1.54, 1.807) is 12.1 Å². The minimum Gasteiger partial charge on any atom is -0.317 e. The van der Waals surface area contributed by atoms with Crippen LogP contribution in [0.15, 0.2) is 18.3 Å². The molecule has 0 radical (unpaired) electrons. The number of aryl methyl sites for hydroxylation is 2. The van der Waals surface area contributed by atoms with Gasteiger partial charge in [-0.3, -0.25) is 9.89 Å². The van der Waals surface area contributed by atoms with Crippen LogP contribution in [0.1, 0.15) is 21.9 Å². The third kappa shape index (κ3) is 2.45. The summed E-state index contributed by atoms with van der Waals surface area (Å²) >= 11 is 5.70. The fraction of sp³-hybridized carbons (Fsp3) is 0.182. The van der Waals surface area contributed by atoms with Crippen molar-refractivity contribution in [3.63, 3.8) is 0 Å². The highest BCUT2D eigenvalue weighted by Crippen LogP contribution is 2.17. The summed E-state index contributed by atoms with van der Waals surface area (Å²) in [5.74, 6) is -0.283. The summed E-state index contributed by atoms with van der Waals surface area (Å²) in [7, 11) is 0. The molecular weight excluding hydrogens is 240 g/mol. The van der Waals surface area contributed by atoms with Gasteiger partial charge in [0, 0.05) is 6.20 Å². The lowest BCUT2D eigenvalue weighted by Gasteiger charge is -2.04. The highest BCUT2D eigenvalue weighted by Gasteiger charge is 2.12. The summed E-state index contributed by atoms with van der Waals surface area (Å²) in [5.41, 5.74) is 2.55. The lowest BCUT2D eigenvalue weighted by Crippen LogP contribution is -2.14. The van der Waals surface area contributed by atoms with Crippen LogP contribution in [0.5, 0.6) is 0 Å². The number of rotatable bonds is 2. The van der Waals surface area contributed by atoms with Gasteiger partial charge < -0.3 is 5.32 Å². The topological polar surface area (TPSA) is 70.7 Å². The Morgan fingerprint density at radius 3 is 2.71 bits per heavy atom. The summed E-state index contributed by atoms with van der Waals surface area (Å²) in [4.78, 5) is 15.8. The predicted molar refractivity (Wildman–Crippen MR) is 65.3 cm³/mol. The number of hydrogen-bond acceptors (Lipinski definition) is 3. The van der Waals surface area contributed by atoms with E-state index in [0.717, 1.165) is 11.4 Å². The van der Waals surface area contributed by atoms with Crippen LogP contribution in [0.4, 0.5) is 5.69 Å². The molecule has 0 spiro atoms. The molecule has 0 aromatic carbocycles. The Hall–Kier alpha value is -1.88. The van der Waals surface area contributed by atoms with Gasteiger partial charge >= 0.3 is 0 Å². The number of pyridine rings is 1. The number of nitrogens with zero attached hydrogens (tertiary/aromatic N) is 2. The molecule has 2 N–H and O–H groups in total. The number of H-pyrrole nitrogens is 1. The number of halogens is 1. The molecule has 0 aliphatic carbocycles. The number of carbonyl (C=O) groups is 1. The molecule has 0 atom stereocenters. The van der Waals surface area contributed by atoms with Crippen LogP contribution in [0.3, 0.4) is 0 Å². The molecule has 2 heterocycles. The van der Waals surface area contributed by atoms with Gasteiger partial charge in [-0.05, 0) is 26.0 Å². The van der Waals surface area contributed by atoms with Gasteiger partial charge in [-0.2, -0.15) is 5.10 Å². The Balaban J connectivity index is 2.20. The minimum atomic E-state index is -0.283. The number of nitrogens with one attached hydrogen (secondary N) is 2. The van der Waals surface area contributed by atoms with Crippen LogP contribution in [-0.4, -0.2) is 21.1 Å². The smallest absolute Gasteiger partial charge is 0.274 e. The number of carbonyl (C=O) groups excluding carboxylic acids is 1. The van der Waals surface area contributed by atoms with E-state index in [-0.39, 0.29) is 5.91 Å². The van der Waals surface area contributed by atoms with Crippen molar-refractivity contribution in [2.24, 2.45) is 0 Å². The fourth-order valence-corrected chi connectivity index (χ4v) is 1.53. The van der Waals surface area contributed by atoms with E-state index in [4.69, 9.17) is 11.6 Å². The first-order chi connectivity index (χ1) is 8.08. The van der Waals surface area contributed by atoms with Gasteiger partial charge in [-0.25, -0.2) is 4.98 Å². The molecule has 17 heavy (non-hydrogen) atoms. The van der Waals surface area contributed by atoms with Crippen molar-refractivity contribution < 1.29 is 4.79 Å². The molecule has 0 aliphatic rings. The van der Waals surface area contributed by atoms with Crippen LogP contribution in [0, 0.1) is 13.8 Å². The van der Waals surface area contributed by atoms with Gasteiger partial charge in [0.2, 0.25) is 0 Å². The first-order valence-electron chi connectivity index (χ1n) is 5.02. The highest BCUT2D eigenvalue weighted by molar-refractivity contribution is 6.30. The molecular formula is C11H11ClN4O. The van der Waals surface area contributed by atoms with Crippen LogP contribution in [0.2, 0.25) is 5.02 Å². The maximum atomic E-state index is 11.9. The van der Waals surface area contributed by atoms with Crippen LogP contribution < -0.4 is 5.32 Å². The maximum Gasteiger partial charge on any atom is 0.274 e. The van der Waals surface area contributed by atoms with Crippen molar-refractivity contribution in [3.8, 4) is 0 Å². The summed E-state index contributed by atoms with van der Waals surface area (Å²) in [5, 5.41) is 10.0. The second kappa shape index (κ2) is 4.55. The third-order valence-electron chi connectivity index (χ3n) is 2.33. The van der Waals surface area contributed by atoms with Crippen LogP contribution in [-0.2, 0) is 0 Å². The van der Waals surface area contributed by atoms with Crippen LogP contribution in [0.25, 0.3) is 0 Å². The number of anilines is 1. The third-order valence-corrected chi connectivity index (χ3v) is 2.55. The molecule has 1 amide bonds. The van der Waals surface area contributed by atoms with Crippen molar-refractivity contribution >= 4 is 23.2 Å². The molecule has 2 rings (SSSR count). The Bertz CT molecular complexity index is 528. The molecule has 88 valence electrons. The molecule has 0 unspecified atom stereocenters. The Labute approximate surface area is 103 Å². The van der Waals surface area contributed by atoms with E-state index in [1.807, 2.05) is 13.8 Å². The minimum absolute atomic E-state index is 0.283. The lowest BCUT2D eigenvalue weighted by molar-refractivity contribution is 0.102. The number of hydrogen-bond donors (Lipinski definition) is 2. The first-order valence-corrected chi connectivity index (χ1v) is 5.40. The van der Waals surface area contributed by atoms with E-state index >= 15 is 0 Å². The monoisotopic (exact) mass is 250 g/mol. The molecule has 0 saturated carbocycles. The van der Waals surface area contributed by atoms with E-state index in [1.165, 1.54) is 6.20 Å². The van der Waals surface area contributed by atoms with Crippen molar-refractivity contribution in [1.29, 1.82) is 0 Å². The van der Waals surface area contributed by atoms with Crippen molar-refractivity contribution in [2.45, 2.75) is 13.8 Å². The van der Waals surface area contributed by atoms with Gasteiger partial charge in [-0.15, -0.1) is 0 Å². The van der Waals surface area contributed by atoms with Gasteiger partial charge in [-0.1, -0.05) is 11.6 Å². The molecule has 2 aromatic rings. The van der Waals surface area contributed by atoms with Crippen molar-refractivity contribution in [3.05, 3.63) is 40.4 Å². The second-order valence-corrected chi connectivity index (χ2v) is 4.06. The van der Waals surface area contributed by atoms with Gasteiger partial charge in [0.15, 0.2) is 0 Å². The zero-order chi connectivity index (χ0) is 12.4. The van der Waals surface area contributed by atoms with E-state index in [0.29, 0.717) is 16.4 Å². The second-order valence-electron chi connectivity index (χ2n) is 3.62. The number of amides is 1. The SMILES string of the molecule is Cc1n[nH]c(C)c1NC(=O)c1ccc(Cl)cn1. The zero-order valence-electron chi connectivity index (χ0n) is 9.41. The number of aromatic amines is 1. The summed E-state index contributed by atoms with van der Waals surface area (Å²) in [6.45, 7) is 3.65. The van der Waals surface area contributed by atoms with E-state index in [9.17, 15) is 4.79 Å². The number of aromatic nitrogens is 3. The molecule has 5 nitrogen and oxygen atoms in total. The molecule has 0 bridgehead atoms. The highest BCUT2D eigenvalue weighted by atomic mass is 35.5. The lowest BCUT2D eigenvalue weighted by atomic mass is 10.3. The van der Waals surface area contributed by atoms with Gasteiger partial charge in [0.25, 0.3) is 5.91 Å². The van der Waals surface area contributed by atoms with Crippen LogP contribution >= 0.6 is 11.6 Å². The fourth-order valence-electron chi connectivity index (χ4n) is 1.42. The Morgan fingerprint density at radius 1 is 1.41 bits per heavy atom. The summed E-state index contributed by atoms with van der Waals surface area (Å²) in [6, 6.07) is 3.20. The largest absolute Gasteiger partial charge is 0.317 e. The Kier molecular flexibility index (Phi) is 3.10. The summed E-state index contributed by atoms with van der Waals surface area (Å²) in [6.07, 6.45) is 1.44. The molecule has 6 heteroatoms. The summed E-state index contributed by atoms with van der Waals surface area (Å²) < 4.78 is 0. The zero-order valence-corrected chi connectivity index (χ0v) is 10.2. The van der Waals surface area contributed by atoms with Crippen molar-refractivity contribution in [1.82, 2.24) is 15.2 Å². The van der Waals surface area contributed by atoms with E-state index < -0.39 is 0 Å². The first kappa shape index (κ1) is 11.6. The maximum absolute atomic E-state index is 11.9. The quantitative estimate of drug-likeness (QED) is 0.859. The molecule has 0 aliphatic heterocycles. The van der Waals surface area contributed by atoms with Crippen molar-refractivity contribution in [2.75, 3.05) is 5.32 Å². The molecule has 0 fully saturated rings. The Morgan fingerprint density at radius 2 is 2.18 bits per heavy atom. The predicted octanol–water partition coefficient (Wildman–Crippen LogP) is 2.33. The normalized spacial score (nSPS) is 10.3. The standard InChI is InChI=1S/C11H11ClN4O/c1-6-10(7(2)16-15-6)14-11(17)9-4-3-8(12)5-13-9/h3-5H,1-2H3,(H,14,17)(H,15,16). The molecule has 2 aromatic heterocycles. The van der Waals surface area contributed by atoms with Gasteiger partial charge in [0.05, 0.1) is 22.1 Å². The average molecular weight is 251 g/mol.